The Bertz CT molecular complexity index is 534. The standard InChI is InChI=1S/C14H19ClN2O/c1-10-5-6-13-12(9-10)16-14(11(2)15)17(13)7-4-8-18-3/h5-6,9,11H,4,7-8H2,1-3H3. The van der Waals surface area contributed by atoms with Crippen LogP contribution in [0.4, 0.5) is 0 Å². The topological polar surface area (TPSA) is 27.1 Å². The number of alkyl halides is 1. The third-order valence-electron chi connectivity index (χ3n) is 3.02. The van der Waals surface area contributed by atoms with Crippen molar-refractivity contribution in [1.29, 1.82) is 0 Å². The molecule has 2 rings (SSSR count). The molecule has 98 valence electrons. The lowest BCUT2D eigenvalue weighted by molar-refractivity contribution is 0.190. The molecule has 1 aromatic heterocycles. The summed E-state index contributed by atoms with van der Waals surface area (Å²) in [7, 11) is 1.72. The first-order valence-corrected chi connectivity index (χ1v) is 6.67. The van der Waals surface area contributed by atoms with Gasteiger partial charge in [-0.05, 0) is 38.0 Å². The van der Waals surface area contributed by atoms with Gasteiger partial charge in [-0.1, -0.05) is 6.07 Å². The van der Waals surface area contributed by atoms with Crippen LogP contribution in [0.25, 0.3) is 11.0 Å². The largest absolute Gasteiger partial charge is 0.385 e. The maximum absolute atomic E-state index is 6.22. The van der Waals surface area contributed by atoms with Gasteiger partial charge in [-0.15, -0.1) is 11.6 Å². The van der Waals surface area contributed by atoms with Gasteiger partial charge in [0.05, 0.1) is 16.4 Å². The molecule has 0 bridgehead atoms. The fourth-order valence-corrected chi connectivity index (χ4v) is 2.33. The number of ether oxygens (including phenoxy) is 1. The Morgan fingerprint density at radius 2 is 2.22 bits per heavy atom. The van der Waals surface area contributed by atoms with Gasteiger partial charge in [0.2, 0.25) is 0 Å². The van der Waals surface area contributed by atoms with Crippen molar-refractivity contribution >= 4 is 22.6 Å². The van der Waals surface area contributed by atoms with Crippen LogP contribution in [0.5, 0.6) is 0 Å². The summed E-state index contributed by atoms with van der Waals surface area (Å²) in [6.45, 7) is 5.68. The predicted molar refractivity (Wildman–Crippen MR) is 75.2 cm³/mol. The van der Waals surface area contributed by atoms with Crippen LogP contribution in [0.2, 0.25) is 0 Å². The highest BCUT2D eigenvalue weighted by Crippen LogP contribution is 2.25. The highest BCUT2D eigenvalue weighted by molar-refractivity contribution is 6.20. The number of halogens is 1. The van der Waals surface area contributed by atoms with Gasteiger partial charge in [-0.2, -0.15) is 0 Å². The molecule has 2 aromatic rings. The number of hydrogen-bond donors (Lipinski definition) is 0. The van der Waals surface area contributed by atoms with Crippen LogP contribution in [0.15, 0.2) is 18.2 Å². The van der Waals surface area contributed by atoms with E-state index in [-0.39, 0.29) is 5.38 Å². The van der Waals surface area contributed by atoms with Crippen molar-refractivity contribution < 1.29 is 4.74 Å². The Balaban J connectivity index is 2.42. The minimum Gasteiger partial charge on any atom is -0.385 e. The summed E-state index contributed by atoms with van der Waals surface area (Å²) in [5.41, 5.74) is 3.40. The molecular weight excluding hydrogens is 248 g/mol. The predicted octanol–water partition coefficient (Wildman–Crippen LogP) is 3.68. The molecule has 0 aliphatic rings. The molecular formula is C14H19ClN2O. The highest BCUT2D eigenvalue weighted by Gasteiger charge is 2.14. The molecule has 0 N–H and O–H groups in total. The molecule has 1 unspecified atom stereocenters. The fraction of sp³-hybridized carbons (Fsp3) is 0.500. The monoisotopic (exact) mass is 266 g/mol. The Kier molecular flexibility index (Phi) is 4.25. The Labute approximate surface area is 113 Å². The molecule has 0 amide bonds. The van der Waals surface area contributed by atoms with Crippen molar-refractivity contribution in [1.82, 2.24) is 9.55 Å². The van der Waals surface area contributed by atoms with Gasteiger partial charge in [0, 0.05) is 20.3 Å². The average Bonchev–Trinajstić information content (AvgIpc) is 2.68. The van der Waals surface area contributed by atoms with Crippen molar-refractivity contribution in [3.8, 4) is 0 Å². The molecule has 0 fully saturated rings. The first-order chi connectivity index (χ1) is 8.63. The van der Waals surface area contributed by atoms with E-state index < -0.39 is 0 Å². The Morgan fingerprint density at radius 1 is 1.44 bits per heavy atom. The Morgan fingerprint density at radius 3 is 2.89 bits per heavy atom. The van der Waals surface area contributed by atoms with E-state index in [9.17, 15) is 0 Å². The molecule has 0 saturated carbocycles. The number of fused-ring (bicyclic) bond motifs is 1. The molecule has 0 aliphatic carbocycles. The second-order valence-electron chi connectivity index (χ2n) is 4.58. The maximum atomic E-state index is 6.22. The number of methoxy groups -OCH3 is 1. The van der Waals surface area contributed by atoms with Crippen LogP contribution in [0.3, 0.4) is 0 Å². The van der Waals surface area contributed by atoms with Gasteiger partial charge in [0.15, 0.2) is 0 Å². The van der Waals surface area contributed by atoms with Crippen molar-refractivity contribution in [3.05, 3.63) is 29.6 Å². The number of imidazole rings is 1. The van der Waals surface area contributed by atoms with Gasteiger partial charge < -0.3 is 9.30 Å². The molecule has 4 heteroatoms. The fourth-order valence-electron chi connectivity index (χ4n) is 2.16. The van der Waals surface area contributed by atoms with Crippen LogP contribution in [-0.4, -0.2) is 23.3 Å². The number of rotatable bonds is 5. The van der Waals surface area contributed by atoms with Gasteiger partial charge in [0.25, 0.3) is 0 Å². The van der Waals surface area contributed by atoms with E-state index in [0.29, 0.717) is 0 Å². The Hall–Kier alpha value is -1.06. The summed E-state index contributed by atoms with van der Waals surface area (Å²) >= 11 is 6.22. The lowest BCUT2D eigenvalue weighted by Crippen LogP contribution is -2.06. The lowest BCUT2D eigenvalue weighted by Gasteiger charge is -2.10. The van der Waals surface area contributed by atoms with E-state index in [1.54, 1.807) is 7.11 Å². The third-order valence-corrected chi connectivity index (χ3v) is 3.21. The van der Waals surface area contributed by atoms with E-state index in [1.165, 1.54) is 5.56 Å². The van der Waals surface area contributed by atoms with Crippen LogP contribution < -0.4 is 0 Å². The lowest BCUT2D eigenvalue weighted by atomic mass is 10.2. The third kappa shape index (κ3) is 2.68. The van der Waals surface area contributed by atoms with Gasteiger partial charge in [-0.25, -0.2) is 4.98 Å². The van der Waals surface area contributed by atoms with E-state index in [2.05, 4.69) is 34.7 Å². The van der Waals surface area contributed by atoms with Crippen molar-refractivity contribution in [2.24, 2.45) is 0 Å². The molecule has 1 heterocycles. The zero-order valence-corrected chi connectivity index (χ0v) is 11.9. The minimum absolute atomic E-state index is 0.0831. The van der Waals surface area contributed by atoms with Crippen LogP contribution >= 0.6 is 11.6 Å². The number of nitrogens with zero attached hydrogens (tertiary/aromatic N) is 2. The first-order valence-electron chi connectivity index (χ1n) is 6.23. The molecule has 3 nitrogen and oxygen atoms in total. The quantitative estimate of drug-likeness (QED) is 0.610. The summed E-state index contributed by atoms with van der Waals surface area (Å²) in [5.74, 6) is 0.938. The van der Waals surface area contributed by atoms with Crippen molar-refractivity contribution in [2.45, 2.75) is 32.2 Å². The number of aromatic nitrogens is 2. The van der Waals surface area contributed by atoms with Crippen LogP contribution in [0.1, 0.15) is 30.1 Å². The van der Waals surface area contributed by atoms with Gasteiger partial charge in [-0.3, -0.25) is 0 Å². The van der Waals surface area contributed by atoms with E-state index in [0.717, 1.165) is 36.4 Å². The summed E-state index contributed by atoms with van der Waals surface area (Å²) in [6, 6.07) is 6.33. The molecule has 0 spiro atoms. The molecule has 0 radical (unpaired) electrons. The molecule has 0 saturated heterocycles. The normalized spacial score (nSPS) is 13.1. The first kappa shape index (κ1) is 13.4. The van der Waals surface area contributed by atoms with Gasteiger partial charge >= 0.3 is 0 Å². The molecule has 1 aromatic carbocycles. The molecule has 1 atom stereocenters. The summed E-state index contributed by atoms with van der Waals surface area (Å²) in [5, 5.41) is -0.0831. The second-order valence-corrected chi connectivity index (χ2v) is 5.23. The highest BCUT2D eigenvalue weighted by atomic mass is 35.5. The average molecular weight is 267 g/mol. The summed E-state index contributed by atoms with van der Waals surface area (Å²) in [6.07, 6.45) is 0.965. The second kappa shape index (κ2) is 5.72. The summed E-state index contributed by atoms with van der Waals surface area (Å²) in [4.78, 5) is 4.64. The number of hydrogen-bond acceptors (Lipinski definition) is 2. The van der Waals surface area contributed by atoms with Gasteiger partial charge in [0.1, 0.15) is 5.82 Å². The summed E-state index contributed by atoms with van der Waals surface area (Å²) < 4.78 is 7.30. The van der Waals surface area contributed by atoms with E-state index in [4.69, 9.17) is 16.3 Å². The molecule has 18 heavy (non-hydrogen) atoms. The van der Waals surface area contributed by atoms with E-state index in [1.807, 2.05) is 6.92 Å². The SMILES string of the molecule is COCCCn1c(C(C)Cl)nc2cc(C)ccc21. The minimum atomic E-state index is -0.0831. The van der Waals surface area contributed by atoms with Crippen molar-refractivity contribution in [2.75, 3.05) is 13.7 Å². The van der Waals surface area contributed by atoms with Crippen molar-refractivity contribution in [3.63, 3.8) is 0 Å². The van der Waals surface area contributed by atoms with Crippen LogP contribution in [-0.2, 0) is 11.3 Å². The number of benzene rings is 1. The zero-order chi connectivity index (χ0) is 13.1. The zero-order valence-electron chi connectivity index (χ0n) is 11.1. The molecule has 0 aliphatic heterocycles. The maximum Gasteiger partial charge on any atom is 0.127 e. The number of aryl methyl sites for hydroxylation is 2. The van der Waals surface area contributed by atoms with Crippen LogP contribution in [0, 0.1) is 6.92 Å². The smallest absolute Gasteiger partial charge is 0.127 e. The van der Waals surface area contributed by atoms with E-state index >= 15 is 0 Å².